The predicted octanol–water partition coefficient (Wildman–Crippen LogP) is 3.24. The third kappa shape index (κ3) is 4.55. The lowest BCUT2D eigenvalue weighted by atomic mass is 10.1. The second-order valence-electron chi connectivity index (χ2n) is 5.89. The monoisotopic (exact) mass is 366 g/mol. The van der Waals surface area contributed by atoms with Crippen LogP contribution in [0.15, 0.2) is 59.1 Å². The Morgan fingerprint density at radius 3 is 2.48 bits per heavy atom. The van der Waals surface area contributed by atoms with E-state index in [1.807, 2.05) is 37.3 Å². The average Bonchev–Trinajstić information content (AvgIpc) is 3.16. The second-order valence-corrected chi connectivity index (χ2v) is 5.89. The summed E-state index contributed by atoms with van der Waals surface area (Å²) in [6.45, 7) is 2.55. The lowest BCUT2D eigenvalue weighted by molar-refractivity contribution is -0.384. The summed E-state index contributed by atoms with van der Waals surface area (Å²) in [7, 11) is 0. The maximum absolute atomic E-state index is 12.5. The van der Waals surface area contributed by atoms with Gasteiger partial charge in [0.25, 0.3) is 5.69 Å². The van der Waals surface area contributed by atoms with Crippen LogP contribution in [0.25, 0.3) is 11.4 Å². The number of rotatable bonds is 7. The van der Waals surface area contributed by atoms with Crippen molar-refractivity contribution >= 4 is 11.6 Å². The van der Waals surface area contributed by atoms with Crippen LogP contribution in [0.2, 0.25) is 0 Å². The zero-order chi connectivity index (χ0) is 19.2. The zero-order valence-electron chi connectivity index (χ0n) is 14.7. The van der Waals surface area contributed by atoms with Crippen molar-refractivity contribution < 1.29 is 14.2 Å². The Morgan fingerprint density at radius 2 is 1.85 bits per heavy atom. The first kappa shape index (κ1) is 18.2. The number of carbonyl (C=O) groups excluding carboxylic acids is 1. The van der Waals surface area contributed by atoms with E-state index >= 15 is 0 Å². The van der Waals surface area contributed by atoms with Gasteiger partial charge in [0.15, 0.2) is 0 Å². The molecule has 3 aromatic rings. The molecule has 8 nitrogen and oxygen atoms in total. The number of nitro groups is 1. The van der Waals surface area contributed by atoms with Gasteiger partial charge in [0.2, 0.25) is 17.6 Å². The van der Waals surface area contributed by atoms with Gasteiger partial charge in [-0.15, -0.1) is 0 Å². The molecule has 2 aromatic carbocycles. The topological polar surface area (TPSA) is 102 Å². The average molecular weight is 366 g/mol. The van der Waals surface area contributed by atoms with Crippen molar-refractivity contribution in [3.05, 3.63) is 76.2 Å². The van der Waals surface area contributed by atoms with E-state index in [4.69, 9.17) is 4.52 Å². The Labute approximate surface area is 155 Å². The third-order valence-corrected chi connectivity index (χ3v) is 4.06. The first-order valence-electron chi connectivity index (χ1n) is 8.46. The highest BCUT2D eigenvalue weighted by atomic mass is 16.6. The zero-order valence-corrected chi connectivity index (χ0v) is 14.7. The smallest absolute Gasteiger partial charge is 0.269 e. The molecule has 1 amide bonds. The van der Waals surface area contributed by atoms with Crippen molar-refractivity contribution in [1.82, 2.24) is 15.0 Å². The van der Waals surface area contributed by atoms with E-state index in [9.17, 15) is 14.9 Å². The summed E-state index contributed by atoms with van der Waals surface area (Å²) in [5.41, 5.74) is 1.55. The Kier molecular flexibility index (Phi) is 5.55. The van der Waals surface area contributed by atoms with Crippen molar-refractivity contribution in [3.8, 4) is 11.4 Å². The number of benzene rings is 2. The molecule has 1 aromatic heterocycles. The molecule has 0 atom stereocenters. The standard InChI is InChI=1S/C19H18N4O4/c1-2-22(18(24)12-14-8-10-16(11-9-14)23(25)26)13-17-20-19(21-27-17)15-6-4-3-5-7-15/h3-11H,2,12-13H2,1H3. The van der Waals surface area contributed by atoms with Gasteiger partial charge in [-0.25, -0.2) is 0 Å². The molecule has 0 N–H and O–H groups in total. The molecule has 1 heterocycles. The van der Waals surface area contributed by atoms with Crippen molar-refractivity contribution in [2.75, 3.05) is 6.54 Å². The maximum Gasteiger partial charge on any atom is 0.269 e. The summed E-state index contributed by atoms with van der Waals surface area (Å²) < 4.78 is 5.26. The number of nitro benzene ring substituents is 1. The van der Waals surface area contributed by atoms with Crippen LogP contribution < -0.4 is 0 Å². The Morgan fingerprint density at radius 1 is 1.15 bits per heavy atom. The molecule has 0 aliphatic carbocycles. The highest BCUT2D eigenvalue weighted by Gasteiger charge is 2.17. The van der Waals surface area contributed by atoms with Crippen LogP contribution in [0.3, 0.4) is 0 Å². The van der Waals surface area contributed by atoms with Crippen LogP contribution >= 0.6 is 0 Å². The Balaban J connectivity index is 1.65. The Bertz CT molecular complexity index is 922. The van der Waals surface area contributed by atoms with E-state index in [2.05, 4.69) is 10.1 Å². The first-order valence-corrected chi connectivity index (χ1v) is 8.46. The van der Waals surface area contributed by atoms with Crippen LogP contribution in [0.5, 0.6) is 0 Å². The van der Waals surface area contributed by atoms with Gasteiger partial charge in [0.1, 0.15) is 0 Å². The Hall–Kier alpha value is -3.55. The maximum atomic E-state index is 12.5. The molecule has 27 heavy (non-hydrogen) atoms. The lowest BCUT2D eigenvalue weighted by Crippen LogP contribution is -2.31. The minimum Gasteiger partial charge on any atom is -0.337 e. The molecule has 0 saturated heterocycles. The number of aromatic nitrogens is 2. The number of non-ortho nitro benzene ring substituents is 1. The molecule has 0 spiro atoms. The molecule has 0 bridgehead atoms. The summed E-state index contributed by atoms with van der Waals surface area (Å²) >= 11 is 0. The molecule has 3 rings (SSSR count). The SMILES string of the molecule is CCN(Cc1nc(-c2ccccc2)no1)C(=O)Cc1ccc([N+](=O)[O-])cc1. The summed E-state index contributed by atoms with van der Waals surface area (Å²) in [4.78, 5) is 28.7. The molecular weight excluding hydrogens is 348 g/mol. The fourth-order valence-corrected chi connectivity index (χ4v) is 2.59. The molecular formula is C19H18N4O4. The van der Waals surface area contributed by atoms with Gasteiger partial charge < -0.3 is 9.42 Å². The predicted molar refractivity (Wildman–Crippen MR) is 97.6 cm³/mol. The van der Waals surface area contributed by atoms with E-state index in [-0.39, 0.29) is 24.6 Å². The van der Waals surface area contributed by atoms with E-state index in [1.165, 1.54) is 12.1 Å². The minimum atomic E-state index is -0.468. The normalized spacial score (nSPS) is 10.6. The van der Waals surface area contributed by atoms with Crippen LogP contribution in [0.4, 0.5) is 5.69 Å². The molecule has 0 radical (unpaired) electrons. The third-order valence-electron chi connectivity index (χ3n) is 4.06. The van der Waals surface area contributed by atoms with E-state index in [0.29, 0.717) is 23.8 Å². The van der Waals surface area contributed by atoms with Crippen molar-refractivity contribution in [1.29, 1.82) is 0 Å². The van der Waals surface area contributed by atoms with E-state index in [1.54, 1.807) is 17.0 Å². The molecule has 0 saturated carbocycles. The van der Waals surface area contributed by atoms with Crippen LogP contribution in [0.1, 0.15) is 18.4 Å². The lowest BCUT2D eigenvalue weighted by Gasteiger charge is -2.18. The number of likely N-dealkylation sites (N-methyl/N-ethyl adjacent to an activating group) is 1. The number of carbonyl (C=O) groups is 1. The molecule has 0 unspecified atom stereocenters. The summed E-state index contributed by atoms with van der Waals surface area (Å²) in [6.07, 6.45) is 0.144. The summed E-state index contributed by atoms with van der Waals surface area (Å²) in [5.74, 6) is 0.711. The van der Waals surface area contributed by atoms with Crippen LogP contribution in [-0.2, 0) is 17.8 Å². The van der Waals surface area contributed by atoms with Gasteiger partial charge in [-0.3, -0.25) is 14.9 Å². The van der Waals surface area contributed by atoms with Crippen molar-refractivity contribution in [2.24, 2.45) is 0 Å². The molecule has 138 valence electrons. The van der Waals surface area contributed by atoms with Gasteiger partial charge in [0, 0.05) is 24.2 Å². The van der Waals surface area contributed by atoms with E-state index < -0.39 is 4.92 Å². The molecule has 0 aliphatic heterocycles. The fraction of sp³-hybridized carbons (Fsp3) is 0.211. The van der Waals surface area contributed by atoms with Gasteiger partial charge in [-0.2, -0.15) is 4.98 Å². The molecule has 8 heteroatoms. The molecule has 0 fully saturated rings. The number of amides is 1. The summed E-state index contributed by atoms with van der Waals surface area (Å²) in [5, 5.41) is 14.7. The van der Waals surface area contributed by atoms with Crippen molar-refractivity contribution in [3.63, 3.8) is 0 Å². The summed E-state index contributed by atoms with van der Waals surface area (Å²) in [6, 6.07) is 15.4. The van der Waals surface area contributed by atoms with Gasteiger partial charge in [0.05, 0.1) is 17.9 Å². The minimum absolute atomic E-state index is 0.00199. The van der Waals surface area contributed by atoms with Crippen LogP contribution in [0, 0.1) is 10.1 Å². The number of hydrogen-bond acceptors (Lipinski definition) is 6. The van der Waals surface area contributed by atoms with Gasteiger partial charge >= 0.3 is 0 Å². The van der Waals surface area contributed by atoms with Crippen LogP contribution in [-0.4, -0.2) is 32.4 Å². The fourth-order valence-electron chi connectivity index (χ4n) is 2.59. The highest BCUT2D eigenvalue weighted by molar-refractivity contribution is 5.78. The first-order chi connectivity index (χ1) is 13.1. The number of nitrogens with zero attached hydrogens (tertiary/aromatic N) is 4. The molecule has 0 aliphatic rings. The largest absolute Gasteiger partial charge is 0.337 e. The van der Waals surface area contributed by atoms with Crippen molar-refractivity contribution in [2.45, 2.75) is 19.9 Å². The van der Waals surface area contributed by atoms with Gasteiger partial charge in [-0.1, -0.05) is 47.6 Å². The van der Waals surface area contributed by atoms with E-state index in [0.717, 1.165) is 5.56 Å². The quantitative estimate of drug-likeness (QED) is 0.470. The number of hydrogen-bond donors (Lipinski definition) is 0. The van der Waals surface area contributed by atoms with Gasteiger partial charge in [-0.05, 0) is 12.5 Å². The second kappa shape index (κ2) is 8.22. The highest BCUT2D eigenvalue weighted by Crippen LogP contribution is 2.17.